The molecule has 0 saturated carbocycles. The first kappa shape index (κ1) is 17.5. The van der Waals surface area contributed by atoms with Crippen LogP contribution in [0.2, 0.25) is 0 Å². The second-order valence-electron chi connectivity index (χ2n) is 6.67. The number of thiazole rings is 1. The van der Waals surface area contributed by atoms with Crippen LogP contribution in [0.25, 0.3) is 0 Å². The van der Waals surface area contributed by atoms with Gasteiger partial charge in [0.15, 0.2) is 5.13 Å². The smallest absolute Gasteiger partial charge is 0.263 e. The van der Waals surface area contributed by atoms with E-state index in [1.807, 2.05) is 6.92 Å². The Morgan fingerprint density at radius 3 is 3.00 bits per heavy atom. The summed E-state index contributed by atoms with van der Waals surface area (Å²) in [7, 11) is 0. The summed E-state index contributed by atoms with van der Waals surface area (Å²) in [6.07, 6.45) is 1.90. The Labute approximate surface area is 159 Å². The molecule has 0 bridgehead atoms. The first-order valence-electron chi connectivity index (χ1n) is 8.79. The van der Waals surface area contributed by atoms with Gasteiger partial charge >= 0.3 is 0 Å². The molecule has 1 atom stereocenters. The summed E-state index contributed by atoms with van der Waals surface area (Å²) in [5, 5.41) is 12.1. The van der Waals surface area contributed by atoms with Gasteiger partial charge in [0.05, 0.1) is 17.1 Å². The van der Waals surface area contributed by atoms with Crippen LogP contribution in [0.1, 0.15) is 45.5 Å². The van der Waals surface area contributed by atoms with E-state index in [1.54, 1.807) is 18.2 Å². The van der Waals surface area contributed by atoms with Crippen LogP contribution in [0.3, 0.4) is 0 Å². The van der Waals surface area contributed by atoms with E-state index in [9.17, 15) is 14.4 Å². The van der Waals surface area contributed by atoms with Crippen molar-refractivity contribution in [3.8, 4) is 0 Å². The standard InChI is InChI=1S/C18H19N5O3S/c1-9-7-14(24)21-11-5-4-10(8-13(11)20-9)16(25)23-18-22-12-3-2-6-19-17(26)15(12)27-18/h4-5,8-9,20H,2-3,6-7H2,1H3,(H,19,26)(H,21,24)(H,22,23,25). The first-order chi connectivity index (χ1) is 13.0. The van der Waals surface area contributed by atoms with Crippen LogP contribution in [0.5, 0.6) is 0 Å². The molecule has 0 aliphatic carbocycles. The van der Waals surface area contributed by atoms with E-state index >= 15 is 0 Å². The molecule has 0 radical (unpaired) electrons. The van der Waals surface area contributed by atoms with Gasteiger partial charge in [0.2, 0.25) is 5.91 Å². The number of nitrogens with zero attached hydrogens (tertiary/aromatic N) is 1. The fraction of sp³-hybridized carbons (Fsp3) is 0.333. The SMILES string of the molecule is CC1CC(=O)Nc2ccc(C(=O)Nc3nc4c(s3)C(=O)NCCC4)cc2N1. The minimum atomic E-state index is -0.313. The Hall–Kier alpha value is -2.94. The van der Waals surface area contributed by atoms with Crippen molar-refractivity contribution in [2.75, 3.05) is 22.5 Å². The highest BCUT2D eigenvalue weighted by Crippen LogP contribution is 2.29. The van der Waals surface area contributed by atoms with E-state index in [-0.39, 0.29) is 23.8 Å². The number of aryl methyl sites for hydroxylation is 1. The summed E-state index contributed by atoms with van der Waals surface area (Å²) in [5.74, 6) is -0.514. The Balaban J connectivity index is 1.55. The summed E-state index contributed by atoms with van der Waals surface area (Å²) in [6, 6.07) is 5.03. The van der Waals surface area contributed by atoms with E-state index < -0.39 is 0 Å². The van der Waals surface area contributed by atoms with Crippen molar-refractivity contribution in [3.05, 3.63) is 34.3 Å². The number of amides is 3. The molecule has 3 amide bonds. The topological polar surface area (TPSA) is 112 Å². The zero-order valence-electron chi connectivity index (χ0n) is 14.7. The number of fused-ring (bicyclic) bond motifs is 2. The first-order valence-corrected chi connectivity index (χ1v) is 9.61. The van der Waals surface area contributed by atoms with Crippen LogP contribution in [-0.2, 0) is 11.2 Å². The van der Waals surface area contributed by atoms with E-state index in [2.05, 4.69) is 26.3 Å². The molecule has 27 heavy (non-hydrogen) atoms. The number of hydrogen-bond acceptors (Lipinski definition) is 6. The van der Waals surface area contributed by atoms with E-state index in [0.717, 1.165) is 12.1 Å². The van der Waals surface area contributed by atoms with Crippen LogP contribution in [0.4, 0.5) is 16.5 Å². The maximum absolute atomic E-state index is 12.6. The van der Waals surface area contributed by atoms with Crippen LogP contribution >= 0.6 is 11.3 Å². The van der Waals surface area contributed by atoms with Gasteiger partial charge in [0, 0.05) is 24.6 Å². The van der Waals surface area contributed by atoms with Gasteiger partial charge in [-0.1, -0.05) is 11.3 Å². The number of carbonyl (C=O) groups excluding carboxylic acids is 3. The van der Waals surface area contributed by atoms with Gasteiger partial charge in [-0.05, 0) is 38.0 Å². The lowest BCUT2D eigenvalue weighted by Crippen LogP contribution is -2.21. The number of rotatable bonds is 2. The van der Waals surface area contributed by atoms with E-state index in [1.165, 1.54) is 11.3 Å². The molecule has 1 aromatic heterocycles. The molecule has 2 aliphatic heterocycles. The molecule has 0 fully saturated rings. The molecular formula is C18H19N5O3S. The molecule has 0 saturated heterocycles. The maximum atomic E-state index is 12.6. The second kappa shape index (κ2) is 6.99. The highest BCUT2D eigenvalue weighted by Gasteiger charge is 2.22. The lowest BCUT2D eigenvalue weighted by atomic mass is 10.1. The number of anilines is 3. The molecular weight excluding hydrogens is 366 g/mol. The molecule has 2 aliphatic rings. The van der Waals surface area contributed by atoms with Gasteiger partial charge in [0.1, 0.15) is 4.88 Å². The molecule has 2 aromatic rings. The van der Waals surface area contributed by atoms with Crippen LogP contribution in [0, 0.1) is 0 Å². The van der Waals surface area contributed by atoms with Crippen molar-refractivity contribution in [2.24, 2.45) is 0 Å². The summed E-state index contributed by atoms with van der Waals surface area (Å²) in [5.41, 5.74) is 2.53. The molecule has 3 heterocycles. The summed E-state index contributed by atoms with van der Waals surface area (Å²) < 4.78 is 0. The molecule has 4 rings (SSSR count). The second-order valence-corrected chi connectivity index (χ2v) is 7.67. The number of nitrogens with one attached hydrogen (secondary N) is 4. The van der Waals surface area contributed by atoms with E-state index in [4.69, 9.17) is 0 Å². The predicted molar refractivity (Wildman–Crippen MR) is 103 cm³/mol. The van der Waals surface area contributed by atoms with Crippen molar-refractivity contribution in [1.29, 1.82) is 0 Å². The quantitative estimate of drug-likeness (QED) is 0.633. The average molecular weight is 385 g/mol. The number of hydrogen-bond donors (Lipinski definition) is 4. The predicted octanol–water partition coefficient (Wildman–Crippen LogP) is 2.21. The third-order valence-corrected chi connectivity index (χ3v) is 5.46. The zero-order chi connectivity index (χ0) is 19.0. The van der Waals surface area contributed by atoms with Crippen LogP contribution in [-0.4, -0.2) is 35.3 Å². The van der Waals surface area contributed by atoms with Crippen molar-refractivity contribution in [3.63, 3.8) is 0 Å². The molecule has 4 N–H and O–H groups in total. The molecule has 1 aromatic carbocycles. The maximum Gasteiger partial charge on any atom is 0.263 e. The van der Waals surface area contributed by atoms with Gasteiger partial charge in [-0.15, -0.1) is 0 Å². The fourth-order valence-electron chi connectivity index (χ4n) is 3.17. The Morgan fingerprint density at radius 1 is 1.30 bits per heavy atom. The normalized spacial score (nSPS) is 18.8. The minimum absolute atomic E-state index is 0.0299. The van der Waals surface area contributed by atoms with Crippen molar-refractivity contribution < 1.29 is 14.4 Å². The average Bonchev–Trinajstić information content (AvgIpc) is 2.85. The molecule has 0 spiro atoms. The summed E-state index contributed by atoms with van der Waals surface area (Å²) in [6.45, 7) is 2.55. The lowest BCUT2D eigenvalue weighted by Gasteiger charge is -2.13. The zero-order valence-corrected chi connectivity index (χ0v) is 15.5. The third kappa shape index (κ3) is 3.63. The number of benzene rings is 1. The highest BCUT2D eigenvalue weighted by molar-refractivity contribution is 7.17. The monoisotopic (exact) mass is 385 g/mol. The van der Waals surface area contributed by atoms with E-state index in [0.29, 0.717) is 46.3 Å². The number of aromatic nitrogens is 1. The Bertz CT molecular complexity index is 939. The van der Waals surface area contributed by atoms with Gasteiger partial charge in [-0.25, -0.2) is 4.98 Å². The number of carbonyl (C=O) groups is 3. The summed E-state index contributed by atoms with van der Waals surface area (Å²) in [4.78, 5) is 41.4. The Kier molecular flexibility index (Phi) is 4.53. The lowest BCUT2D eigenvalue weighted by molar-refractivity contribution is -0.116. The van der Waals surface area contributed by atoms with Crippen LogP contribution < -0.4 is 21.3 Å². The van der Waals surface area contributed by atoms with Crippen molar-refractivity contribution >= 4 is 45.6 Å². The van der Waals surface area contributed by atoms with Gasteiger partial charge in [-0.3, -0.25) is 19.7 Å². The molecule has 8 nitrogen and oxygen atoms in total. The molecule has 140 valence electrons. The largest absolute Gasteiger partial charge is 0.380 e. The Morgan fingerprint density at radius 2 is 2.15 bits per heavy atom. The van der Waals surface area contributed by atoms with Gasteiger partial charge in [0.25, 0.3) is 11.8 Å². The van der Waals surface area contributed by atoms with Gasteiger partial charge < -0.3 is 16.0 Å². The summed E-state index contributed by atoms with van der Waals surface area (Å²) >= 11 is 1.18. The molecule has 1 unspecified atom stereocenters. The van der Waals surface area contributed by atoms with Crippen molar-refractivity contribution in [1.82, 2.24) is 10.3 Å². The minimum Gasteiger partial charge on any atom is -0.380 e. The highest BCUT2D eigenvalue weighted by atomic mass is 32.1. The van der Waals surface area contributed by atoms with Crippen LogP contribution in [0.15, 0.2) is 18.2 Å². The van der Waals surface area contributed by atoms with Crippen molar-refractivity contribution in [2.45, 2.75) is 32.2 Å². The molecule has 9 heteroatoms. The van der Waals surface area contributed by atoms with Gasteiger partial charge in [-0.2, -0.15) is 0 Å². The third-order valence-electron chi connectivity index (χ3n) is 4.45. The fourth-order valence-corrected chi connectivity index (χ4v) is 4.09.